The molecule has 0 saturated carbocycles. The minimum atomic E-state index is -0.101. The third-order valence-electron chi connectivity index (χ3n) is 2.83. The van der Waals surface area contributed by atoms with E-state index in [2.05, 4.69) is 38.9 Å². The van der Waals surface area contributed by atoms with Crippen LogP contribution in [0.5, 0.6) is 0 Å². The molecule has 22 heavy (non-hydrogen) atoms. The topological polar surface area (TPSA) is 72.7 Å². The average Bonchev–Trinajstić information content (AvgIpc) is 3.19. The van der Waals surface area contributed by atoms with E-state index in [1.54, 1.807) is 17.5 Å². The lowest BCUT2D eigenvalue weighted by atomic mass is 10.3. The zero-order chi connectivity index (χ0) is 15.5. The summed E-state index contributed by atoms with van der Waals surface area (Å²) in [5.41, 5.74) is 1.05. The van der Waals surface area contributed by atoms with E-state index in [-0.39, 0.29) is 11.7 Å². The highest BCUT2D eigenvalue weighted by molar-refractivity contribution is 7.99. The summed E-state index contributed by atoms with van der Waals surface area (Å²) < 4.78 is 1.91. The van der Waals surface area contributed by atoms with Crippen molar-refractivity contribution in [1.82, 2.24) is 19.7 Å². The SMILES string of the molecule is Cc1cc(-c2nnc(SCC(=O)Nc3nccs3)n2C)cs1. The Hall–Kier alpha value is -1.71. The van der Waals surface area contributed by atoms with Gasteiger partial charge < -0.3 is 9.88 Å². The fourth-order valence-electron chi connectivity index (χ4n) is 1.82. The highest BCUT2D eigenvalue weighted by Crippen LogP contribution is 2.26. The molecule has 1 N–H and O–H groups in total. The number of anilines is 1. The molecular weight excluding hydrogens is 338 g/mol. The van der Waals surface area contributed by atoms with Crippen LogP contribution in [0.25, 0.3) is 11.4 Å². The molecule has 114 valence electrons. The number of rotatable bonds is 5. The van der Waals surface area contributed by atoms with Crippen LogP contribution in [-0.2, 0) is 11.8 Å². The molecule has 3 aromatic rings. The summed E-state index contributed by atoms with van der Waals surface area (Å²) in [7, 11) is 1.91. The molecule has 0 spiro atoms. The summed E-state index contributed by atoms with van der Waals surface area (Å²) in [4.78, 5) is 17.1. The van der Waals surface area contributed by atoms with Crippen molar-refractivity contribution < 1.29 is 4.79 Å². The summed E-state index contributed by atoms with van der Waals surface area (Å²) in [6.07, 6.45) is 1.66. The molecule has 0 aliphatic heterocycles. The normalized spacial score (nSPS) is 10.8. The maximum Gasteiger partial charge on any atom is 0.236 e. The Morgan fingerprint density at radius 3 is 2.95 bits per heavy atom. The summed E-state index contributed by atoms with van der Waals surface area (Å²) in [6.45, 7) is 2.06. The molecule has 0 aliphatic rings. The molecule has 1 amide bonds. The Balaban J connectivity index is 1.64. The number of thioether (sulfide) groups is 1. The van der Waals surface area contributed by atoms with Crippen LogP contribution in [0.2, 0.25) is 0 Å². The second-order valence-corrected chi connectivity index (χ2v) is 7.44. The minimum absolute atomic E-state index is 0.101. The second kappa shape index (κ2) is 6.59. The van der Waals surface area contributed by atoms with Crippen LogP contribution in [0.15, 0.2) is 28.2 Å². The highest BCUT2D eigenvalue weighted by Gasteiger charge is 2.14. The predicted octanol–water partition coefficient (Wildman–Crippen LogP) is 3.04. The molecule has 0 unspecified atom stereocenters. The smallest absolute Gasteiger partial charge is 0.236 e. The number of hydrogen-bond acceptors (Lipinski definition) is 7. The number of thiazole rings is 1. The zero-order valence-electron chi connectivity index (χ0n) is 11.9. The lowest BCUT2D eigenvalue weighted by Crippen LogP contribution is -2.14. The lowest BCUT2D eigenvalue weighted by molar-refractivity contribution is -0.113. The first kappa shape index (κ1) is 15.2. The Morgan fingerprint density at radius 1 is 1.41 bits per heavy atom. The number of amides is 1. The van der Waals surface area contributed by atoms with Gasteiger partial charge in [-0.1, -0.05) is 11.8 Å². The van der Waals surface area contributed by atoms with Crippen LogP contribution < -0.4 is 5.32 Å². The molecule has 3 heterocycles. The summed E-state index contributed by atoms with van der Waals surface area (Å²) in [5.74, 6) is 0.983. The molecule has 0 bridgehead atoms. The number of carbonyl (C=O) groups is 1. The van der Waals surface area contributed by atoms with Gasteiger partial charge in [-0.2, -0.15) is 0 Å². The minimum Gasteiger partial charge on any atom is -0.305 e. The second-order valence-electron chi connectivity index (χ2n) is 4.49. The molecule has 3 aromatic heterocycles. The average molecular weight is 351 g/mol. The van der Waals surface area contributed by atoms with Crippen molar-refractivity contribution in [3.8, 4) is 11.4 Å². The maximum absolute atomic E-state index is 11.9. The predicted molar refractivity (Wildman–Crippen MR) is 90.5 cm³/mol. The number of thiophene rings is 1. The van der Waals surface area contributed by atoms with Gasteiger partial charge in [0, 0.05) is 34.4 Å². The summed E-state index contributed by atoms with van der Waals surface area (Å²) in [5, 5.41) is 16.3. The molecule has 6 nitrogen and oxygen atoms in total. The van der Waals surface area contributed by atoms with E-state index in [9.17, 15) is 4.79 Å². The standard InChI is InChI=1S/C13H13N5OS3/c1-8-5-9(6-21-8)11-16-17-13(18(11)2)22-7-10(19)15-12-14-3-4-20-12/h3-6H,7H2,1-2H3,(H,14,15,19). The van der Waals surface area contributed by atoms with E-state index in [4.69, 9.17) is 0 Å². The molecule has 0 aromatic carbocycles. The summed E-state index contributed by atoms with van der Waals surface area (Å²) >= 11 is 4.43. The van der Waals surface area contributed by atoms with Crippen LogP contribution in [0.3, 0.4) is 0 Å². The van der Waals surface area contributed by atoms with Crippen molar-refractivity contribution >= 4 is 45.5 Å². The molecular formula is C13H13N5OS3. The van der Waals surface area contributed by atoms with Crippen LogP contribution in [-0.4, -0.2) is 31.4 Å². The Bertz CT molecular complexity index is 778. The molecule has 0 fully saturated rings. The van der Waals surface area contributed by atoms with Gasteiger partial charge in [-0.25, -0.2) is 4.98 Å². The molecule has 0 aliphatic carbocycles. The Kier molecular flexibility index (Phi) is 4.55. The van der Waals surface area contributed by atoms with E-state index in [0.29, 0.717) is 10.3 Å². The van der Waals surface area contributed by atoms with Gasteiger partial charge in [0.25, 0.3) is 0 Å². The number of carbonyl (C=O) groups excluding carboxylic acids is 1. The van der Waals surface area contributed by atoms with Gasteiger partial charge in [-0.3, -0.25) is 4.79 Å². The third-order valence-corrected chi connectivity index (χ3v) is 5.40. The van der Waals surface area contributed by atoms with Gasteiger partial charge in [0.2, 0.25) is 5.91 Å². The van der Waals surface area contributed by atoms with Crippen molar-refractivity contribution in [1.29, 1.82) is 0 Å². The zero-order valence-corrected chi connectivity index (χ0v) is 14.4. The van der Waals surface area contributed by atoms with Gasteiger partial charge in [-0.15, -0.1) is 32.9 Å². The highest BCUT2D eigenvalue weighted by atomic mass is 32.2. The van der Waals surface area contributed by atoms with Crippen molar-refractivity contribution in [3.05, 3.63) is 27.9 Å². The first-order valence-corrected chi connectivity index (χ1v) is 9.15. The first-order chi connectivity index (χ1) is 10.6. The van der Waals surface area contributed by atoms with Crippen molar-refractivity contribution in [2.75, 3.05) is 11.1 Å². The Labute approximate surface area is 139 Å². The fourth-order valence-corrected chi connectivity index (χ4v) is 3.76. The van der Waals surface area contributed by atoms with E-state index in [0.717, 1.165) is 11.4 Å². The first-order valence-electron chi connectivity index (χ1n) is 6.40. The Morgan fingerprint density at radius 2 is 2.27 bits per heavy atom. The fraction of sp³-hybridized carbons (Fsp3) is 0.231. The van der Waals surface area contributed by atoms with Gasteiger partial charge in [0.15, 0.2) is 16.1 Å². The number of nitrogens with zero attached hydrogens (tertiary/aromatic N) is 4. The van der Waals surface area contributed by atoms with Gasteiger partial charge >= 0.3 is 0 Å². The number of hydrogen-bond donors (Lipinski definition) is 1. The number of nitrogens with one attached hydrogen (secondary N) is 1. The summed E-state index contributed by atoms with van der Waals surface area (Å²) in [6, 6.07) is 2.08. The van der Waals surface area contributed by atoms with Crippen molar-refractivity contribution in [2.24, 2.45) is 7.05 Å². The van der Waals surface area contributed by atoms with Gasteiger partial charge in [0.1, 0.15) is 0 Å². The van der Waals surface area contributed by atoms with Crippen LogP contribution in [0.1, 0.15) is 4.88 Å². The molecule has 0 saturated heterocycles. The molecule has 0 atom stereocenters. The quantitative estimate of drug-likeness (QED) is 0.715. The number of aryl methyl sites for hydroxylation is 1. The molecule has 3 rings (SSSR count). The van der Waals surface area contributed by atoms with Crippen LogP contribution in [0, 0.1) is 6.92 Å². The van der Waals surface area contributed by atoms with E-state index >= 15 is 0 Å². The van der Waals surface area contributed by atoms with Crippen molar-refractivity contribution in [2.45, 2.75) is 12.1 Å². The maximum atomic E-state index is 11.9. The van der Waals surface area contributed by atoms with Crippen molar-refractivity contribution in [3.63, 3.8) is 0 Å². The third kappa shape index (κ3) is 3.37. The number of aromatic nitrogens is 4. The monoisotopic (exact) mass is 351 g/mol. The van der Waals surface area contributed by atoms with Gasteiger partial charge in [0.05, 0.1) is 5.75 Å². The van der Waals surface area contributed by atoms with Crippen LogP contribution in [0.4, 0.5) is 5.13 Å². The van der Waals surface area contributed by atoms with E-state index in [1.807, 2.05) is 17.0 Å². The van der Waals surface area contributed by atoms with E-state index < -0.39 is 0 Å². The van der Waals surface area contributed by atoms with Crippen LogP contribution >= 0.6 is 34.4 Å². The lowest BCUT2D eigenvalue weighted by Gasteiger charge is -2.03. The largest absolute Gasteiger partial charge is 0.305 e. The van der Waals surface area contributed by atoms with E-state index in [1.165, 1.54) is 28.0 Å². The van der Waals surface area contributed by atoms with Gasteiger partial charge in [-0.05, 0) is 13.0 Å². The molecule has 0 radical (unpaired) electrons. The molecule has 9 heteroatoms.